The van der Waals surface area contributed by atoms with Gasteiger partial charge in [0, 0.05) is 17.7 Å². The van der Waals surface area contributed by atoms with Gasteiger partial charge in [-0.2, -0.15) is 0 Å². The molecule has 1 N–H and O–H groups in total. The highest BCUT2D eigenvalue weighted by Gasteiger charge is 2.25. The number of methoxy groups -OCH3 is 6. The molecular formula is C29H29NO10. The van der Waals surface area contributed by atoms with Gasteiger partial charge in [-0.1, -0.05) is 12.1 Å². The van der Waals surface area contributed by atoms with E-state index in [0.717, 1.165) is 0 Å². The van der Waals surface area contributed by atoms with E-state index in [2.05, 4.69) is 5.32 Å². The molecule has 11 heteroatoms. The van der Waals surface area contributed by atoms with E-state index < -0.39 is 17.9 Å². The SMILES string of the molecule is COc1cc(OC)c2c(=O)c(OCC(=O)Nc3ccccc3OC)c(-c3cc(OC)c(OC)c(OC)c3)oc2c1. The Labute approximate surface area is 230 Å². The van der Waals surface area contributed by atoms with E-state index in [0.29, 0.717) is 40.0 Å². The molecule has 3 aromatic carbocycles. The number of rotatable bonds is 11. The van der Waals surface area contributed by atoms with Crippen LogP contribution >= 0.6 is 0 Å². The molecule has 4 rings (SSSR count). The van der Waals surface area contributed by atoms with Crippen molar-refractivity contribution in [2.24, 2.45) is 0 Å². The molecule has 0 atom stereocenters. The summed E-state index contributed by atoms with van der Waals surface area (Å²) in [6.45, 7) is -0.510. The summed E-state index contributed by atoms with van der Waals surface area (Å²) in [5.74, 6) is 1.36. The van der Waals surface area contributed by atoms with Crippen LogP contribution in [0.3, 0.4) is 0 Å². The largest absolute Gasteiger partial charge is 0.496 e. The molecule has 0 bridgehead atoms. The van der Waals surface area contributed by atoms with Crippen LogP contribution in [0, 0.1) is 0 Å². The fourth-order valence-electron chi connectivity index (χ4n) is 4.13. The molecule has 0 aliphatic heterocycles. The first-order chi connectivity index (χ1) is 19.4. The van der Waals surface area contributed by atoms with Crippen LogP contribution in [0.4, 0.5) is 5.69 Å². The fourth-order valence-corrected chi connectivity index (χ4v) is 4.13. The van der Waals surface area contributed by atoms with E-state index in [1.165, 1.54) is 42.7 Å². The molecule has 4 aromatic rings. The van der Waals surface area contributed by atoms with Crippen molar-refractivity contribution in [3.63, 3.8) is 0 Å². The molecular weight excluding hydrogens is 522 g/mol. The third-order valence-corrected chi connectivity index (χ3v) is 6.00. The lowest BCUT2D eigenvalue weighted by molar-refractivity contribution is -0.118. The van der Waals surface area contributed by atoms with E-state index in [-0.39, 0.29) is 28.2 Å². The minimum absolute atomic E-state index is 0.0251. The number of benzene rings is 3. The third-order valence-electron chi connectivity index (χ3n) is 6.00. The molecule has 0 aliphatic carbocycles. The minimum atomic E-state index is -0.561. The average molecular weight is 552 g/mol. The van der Waals surface area contributed by atoms with Gasteiger partial charge in [-0.25, -0.2) is 0 Å². The van der Waals surface area contributed by atoms with Gasteiger partial charge in [-0.3, -0.25) is 9.59 Å². The van der Waals surface area contributed by atoms with Gasteiger partial charge in [0.25, 0.3) is 5.91 Å². The summed E-state index contributed by atoms with van der Waals surface area (Å²) in [7, 11) is 8.80. The average Bonchev–Trinajstić information content (AvgIpc) is 2.99. The number of ether oxygens (including phenoxy) is 7. The Morgan fingerprint density at radius 3 is 2.00 bits per heavy atom. The summed E-state index contributed by atoms with van der Waals surface area (Å²) < 4.78 is 44.5. The normalized spacial score (nSPS) is 10.6. The number of hydrogen-bond donors (Lipinski definition) is 1. The second-order valence-corrected chi connectivity index (χ2v) is 8.24. The second kappa shape index (κ2) is 12.2. The zero-order valence-electron chi connectivity index (χ0n) is 22.9. The predicted molar refractivity (Wildman–Crippen MR) is 148 cm³/mol. The summed E-state index contributed by atoms with van der Waals surface area (Å²) in [6, 6.07) is 13.2. The van der Waals surface area contributed by atoms with Crippen molar-refractivity contribution in [3.8, 4) is 51.6 Å². The van der Waals surface area contributed by atoms with E-state index in [1.807, 2.05) is 0 Å². The lowest BCUT2D eigenvalue weighted by Gasteiger charge is -2.17. The molecule has 0 fully saturated rings. The zero-order chi connectivity index (χ0) is 28.8. The number of para-hydroxylation sites is 2. The molecule has 0 saturated carbocycles. The standard InChI is InChI=1S/C29H29NO10/c1-33-17-13-20(35-3)25-21(14-17)40-27(16-11-22(36-4)28(38-6)23(12-16)37-5)29(26(25)32)39-15-24(31)30-18-9-7-8-10-19(18)34-2/h7-14H,15H2,1-6H3,(H,30,31). The van der Waals surface area contributed by atoms with Crippen molar-refractivity contribution in [2.45, 2.75) is 0 Å². The van der Waals surface area contributed by atoms with Crippen LogP contribution in [0.15, 0.2) is 57.7 Å². The molecule has 0 radical (unpaired) electrons. The van der Waals surface area contributed by atoms with Crippen LogP contribution in [0.2, 0.25) is 0 Å². The van der Waals surface area contributed by atoms with Crippen LogP contribution in [0.1, 0.15) is 0 Å². The Hall–Kier alpha value is -5.06. The van der Waals surface area contributed by atoms with Crippen molar-refractivity contribution in [3.05, 3.63) is 58.8 Å². The third kappa shape index (κ3) is 5.39. The molecule has 0 saturated heterocycles. The Kier molecular flexibility index (Phi) is 8.53. The van der Waals surface area contributed by atoms with Crippen molar-refractivity contribution < 1.29 is 42.4 Å². The van der Waals surface area contributed by atoms with Crippen LogP contribution in [-0.2, 0) is 4.79 Å². The molecule has 0 spiro atoms. The summed E-state index contributed by atoms with van der Waals surface area (Å²) in [5, 5.41) is 2.83. The summed E-state index contributed by atoms with van der Waals surface area (Å²) >= 11 is 0. The molecule has 40 heavy (non-hydrogen) atoms. The van der Waals surface area contributed by atoms with Gasteiger partial charge in [-0.15, -0.1) is 0 Å². The van der Waals surface area contributed by atoms with Crippen molar-refractivity contribution in [1.82, 2.24) is 0 Å². The summed E-state index contributed by atoms with van der Waals surface area (Å²) in [4.78, 5) is 26.7. The van der Waals surface area contributed by atoms with Crippen LogP contribution in [-0.4, -0.2) is 55.2 Å². The molecule has 1 heterocycles. The Morgan fingerprint density at radius 2 is 1.40 bits per heavy atom. The molecule has 210 valence electrons. The topological polar surface area (TPSA) is 124 Å². The monoisotopic (exact) mass is 551 g/mol. The minimum Gasteiger partial charge on any atom is -0.496 e. The van der Waals surface area contributed by atoms with E-state index >= 15 is 0 Å². The highest BCUT2D eigenvalue weighted by Crippen LogP contribution is 2.44. The first kappa shape index (κ1) is 28.0. The maximum absolute atomic E-state index is 13.9. The lowest BCUT2D eigenvalue weighted by atomic mass is 10.1. The van der Waals surface area contributed by atoms with E-state index in [1.54, 1.807) is 48.5 Å². The summed E-state index contributed by atoms with van der Waals surface area (Å²) in [5.41, 5.74) is 0.434. The Morgan fingerprint density at radius 1 is 0.750 bits per heavy atom. The fraction of sp³-hybridized carbons (Fsp3) is 0.241. The van der Waals surface area contributed by atoms with Gasteiger partial charge >= 0.3 is 0 Å². The van der Waals surface area contributed by atoms with Gasteiger partial charge in [0.1, 0.15) is 28.2 Å². The smallest absolute Gasteiger partial charge is 0.262 e. The van der Waals surface area contributed by atoms with E-state index in [9.17, 15) is 9.59 Å². The second-order valence-electron chi connectivity index (χ2n) is 8.24. The number of anilines is 1. The highest BCUT2D eigenvalue weighted by molar-refractivity contribution is 5.94. The first-order valence-electron chi connectivity index (χ1n) is 12.0. The van der Waals surface area contributed by atoms with Crippen LogP contribution in [0.5, 0.6) is 40.2 Å². The predicted octanol–water partition coefficient (Wildman–Crippen LogP) is 4.53. The summed E-state index contributed by atoms with van der Waals surface area (Å²) in [6.07, 6.45) is 0. The number of carbonyl (C=O) groups is 1. The number of amides is 1. The van der Waals surface area contributed by atoms with Crippen molar-refractivity contribution in [1.29, 1.82) is 0 Å². The maximum Gasteiger partial charge on any atom is 0.262 e. The van der Waals surface area contributed by atoms with E-state index in [4.69, 9.17) is 37.6 Å². The number of hydrogen-bond acceptors (Lipinski definition) is 10. The van der Waals surface area contributed by atoms with Gasteiger partial charge < -0.3 is 42.9 Å². The first-order valence-corrected chi connectivity index (χ1v) is 12.0. The van der Waals surface area contributed by atoms with Gasteiger partial charge in [0.2, 0.25) is 16.9 Å². The molecule has 1 aromatic heterocycles. The molecule has 1 amide bonds. The maximum atomic E-state index is 13.9. The Bertz CT molecular complexity index is 1570. The van der Waals surface area contributed by atoms with Crippen LogP contribution in [0.25, 0.3) is 22.3 Å². The molecule has 11 nitrogen and oxygen atoms in total. The lowest BCUT2D eigenvalue weighted by Crippen LogP contribution is -2.23. The highest BCUT2D eigenvalue weighted by atomic mass is 16.5. The number of carbonyl (C=O) groups excluding carboxylic acids is 1. The number of fused-ring (bicyclic) bond motifs is 1. The van der Waals surface area contributed by atoms with Crippen LogP contribution < -0.4 is 43.9 Å². The van der Waals surface area contributed by atoms with Gasteiger partial charge in [-0.05, 0) is 24.3 Å². The number of nitrogens with one attached hydrogen (secondary N) is 1. The quantitative estimate of drug-likeness (QED) is 0.284. The van der Waals surface area contributed by atoms with Gasteiger partial charge in [0.05, 0.1) is 48.3 Å². The molecule has 0 aliphatic rings. The van der Waals surface area contributed by atoms with Crippen molar-refractivity contribution >= 4 is 22.6 Å². The van der Waals surface area contributed by atoms with Gasteiger partial charge in [0.15, 0.2) is 23.9 Å². The van der Waals surface area contributed by atoms with Crippen molar-refractivity contribution in [2.75, 3.05) is 54.6 Å². The Balaban J connectivity index is 1.86. The zero-order valence-corrected chi connectivity index (χ0v) is 22.9. The molecule has 0 unspecified atom stereocenters.